The van der Waals surface area contributed by atoms with Crippen molar-refractivity contribution in [2.45, 2.75) is 25.3 Å². The van der Waals surface area contributed by atoms with Crippen molar-refractivity contribution >= 4 is 11.4 Å². The van der Waals surface area contributed by atoms with Gasteiger partial charge in [-0.2, -0.15) is 0 Å². The van der Waals surface area contributed by atoms with Gasteiger partial charge in [-0.25, -0.2) is 5.43 Å². The Kier molecular flexibility index (Phi) is 2.96. The van der Waals surface area contributed by atoms with Crippen LogP contribution >= 0.6 is 0 Å². The molecular formula is C14H19N3O. The van der Waals surface area contributed by atoms with Crippen molar-refractivity contribution in [1.82, 2.24) is 5.43 Å². The maximum atomic E-state index is 9.17. The summed E-state index contributed by atoms with van der Waals surface area (Å²) in [5.41, 5.74) is 5.53. The fourth-order valence-corrected chi connectivity index (χ4v) is 3.33. The van der Waals surface area contributed by atoms with Crippen molar-refractivity contribution in [3.63, 3.8) is 0 Å². The number of hydrazine groups is 1. The smallest absolute Gasteiger partial charge is 0.0791 e. The fourth-order valence-electron chi connectivity index (χ4n) is 3.33. The molecule has 0 saturated heterocycles. The predicted molar refractivity (Wildman–Crippen MR) is 71.8 cm³/mol. The van der Waals surface area contributed by atoms with Crippen LogP contribution < -0.4 is 10.4 Å². The lowest BCUT2D eigenvalue weighted by Crippen LogP contribution is -2.49. The van der Waals surface area contributed by atoms with Crippen molar-refractivity contribution in [3.05, 3.63) is 30.3 Å². The van der Waals surface area contributed by atoms with Gasteiger partial charge >= 0.3 is 0 Å². The van der Waals surface area contributed by atoms with Crippen molar-refractivity contribution in [3.8, 4) is 0 Å². The Hall–Kier alpha value is -1.55. The normalized spacial score (nSPS) is 32.1. The van der Waals surface area contributed by atoms with E-state index in [4.69, 9.17) is 0 Å². The zero-order valence-corrected chi connectivity index (χ0v) is 10.6. The summed E-state index contributed by atoms with van der Waals surface area (Å²) in [6, 6.07) is 10.4. The zero-order valence-electron chi connectivity index (χ0n) is 10.6. The number of benzene rings is 1. The van der Waals surface area contributed by atoms with Gasteiger partial charge < -0.3 is 10.2 Å². The highest BCUT2D eigenvalue weighted by Gasteiger charge is 2.45. The molecule has 0 radical (unpaired) electrons. The minimum Gasteiger partial charge on any atom is -0.411 e. The SMILES string of the molecule is CN(N[C@H]1/C(=N/O)[C@H]2CC[C@H]1C2)c1ccccc1. The number of hydrogen-bond acceptors (Lipinski definition) is 4. The molecule has 0 amide bonds. The van der Waals surface area contributed by atoms with Crippen molar-refractivity contribution < 1.29 is 5.21 Å². The Morgan fingerprint density at radius 3 is 2.78 bits per heavy atom. The third kappa shape index (κ3) is 1.86. The average Bonchev–Trinajstić information content (AvgIpc) is 3.00. The average molecular weight is 245 g/mol. The van der Waals surface area contributed by atoms with Crippen LogP contribution in [-0.2, 0) is 0 Å². The first-order chi connectivity index (χ1) is 8.79. The highest BCUT2D eigenvalue weighted by atomic mass is 16.4. The Bertz CT molecular complexity index is 446. The van der Waals surface area contributed by atoms with E-state index in [2.05, 4.69) is 22.7 Å². The summed E-state index contributed by atoms with van der Waals surface area (Å²) in [5, 5.41) is 14.7. The Balaban J connectivity index is 1.73. The highest BCUT2D eigenvalue weighted by molar-refractivity contribution is 5.94. The van der Waals surface area contributed by atoms with Crippen molar-refractivity contribution in [2.75, 3.05) is 12.1 Å². The maximum Gasteiger partial charge on any atom is 0.0791 e. The van der Waals surface area contributed by atoms with Crippen LogP contribution in [0.2, 0.25) is 0 Å². The summed E-state index contributed by atoms with van der Waals surface area (Å²) >= 11 is 0. The van der Waals surface area contributed by atoms with Gasteiger partial charge in [0.05, 0.1) is 17.4 Å². The topological polar surface area (TPSA) is 47.9 Å². The first-order valence-electron chi connectivity index (χ1n) is 6.56. The summed E-state index contributed by atoms with van der Waals surface area (Å²) in [7, 11) is 2.01. The van der Waals surface area contributed by atoms with Crippen LogP contribution in [0, 0.1) is 11.8 Å². The van der Waals surface area contributed by atoms with Crippen LogP contribution in [0.3, 0.4) is 0 Å². The maximum absolute atomic E-state index is 9.17. The standard InChI is InChI=1S/C14H19N3O/c1-17(12-5-3-2-4-6-12)15-13-10-7-8-11(9-10)14(13)16-18/h2-6,10-11,13,15,18H,7-9H2,1H3/b16-14+/t10-,11-,13+/m0/s1. The van der Waals surface area contributed by atoms with Gasteiger partial charge in [-0.05, 0) is 37.3 Å². The molecule has 0 spiro atoms. The molecule has 2 aliphatic carbocycles. The summed E-state index contributed by atoms with van der Waals surface area (Å²) in [4.78, 5) is 0. The van der Waals surface area contributed by atoms with E-state index < -0.39 is 0 Å². The number of nitrogens with one attached hydrogen (secondary N) is 1. The third-order valence-electron chi connectivity index (χ3n) is 4.27. The Morgan fingerprint density at radius 2 is 2.06 bits per heavy atom. The molecule has 2 fully saturated rings. The number of anilines is 1. The van der Waals surface area contributed by atoms with Gasteiger partial charge in [-0.3, -0.25) is 0 Å². The first kappa shape index (κ1) is 11.5. The van der Waals surface area contributed by atoms with Crippen LogP contribution in [0.25, 0.3) is 0 Å². The summed E-state index contributed by atoms with van der Waals surface area (Å²) in [6.07, 6.45) is 3.58. The molecule has 3 rings (SSSR count). The molecule has 0 unspecified atom stereocenters. The largest absolute Gasteiger partial charge is 0.411 e. The summed E-state index contributed by atoms with van der Waals surface area (Å²) in [5.74, 6) is 1.11. The number of hydrogen-bond donors (Lipinski definition) is 2. The zero-order chi connectivity index (χ0) is 12.5. The molecule has 18 heavy (non-hydrogen) atoms. The molecule has 0 aromatic heterocycles. The molecule has 2 saturated carbocycles. The molecule has 0 heterocycles. The van der Waals surface area contributed by atoms with Crippen LogP contribution in [0.15, 0.2) is 35.5 Å². The van der Waals surface area contributed by atoms with Crippen LogP contribution in [0.1, 0.15) is 19.3 Å². The van der Waals surface area contributed by atoms with Gasteiger partial charge in [0.25, 0.3) is 0 Å². The van der Waals surface area contributed by atoms with Gasteiger partial charge in [-0.15, -0.1) is 0 Å². The fraction of sp³-hybridized carbons (Fsp3) is 0.500. The van der Waals surface area contributed by atoms with E-state index in [0.29, 0.717) is 11.8 Å². The third-order valence-corrected chi connectivity index (χ3v) is 4.27. The second kappa shape index (κ2) is 4.61. The molecule has 2 bridgehead atoms. The molecule has 3 atom stereocenters. The molecule has 4 heteroatoms. The van der Waals surface area contributed by atoms with Crippen molar-refractivity contribution in [1.29, 1.82) is 0 Å². The van der Waals surface area contributed by atoms with E-state index in [1.54, 1.807) is 0 Å². The minimum absolute atomic E-state index is 0.193. The second-order valence-corrected chi connectivity index (χ2v) is 5.30. The number of oxime groups is 1. The van der Waals surface area contributed by atoms with E-state index in [1.165, 1.54) is 19.3 Å². The predicted octanol–water partition coefficient (Wildman–Crippen LogP) is 2.26. The van der Waals surface area contributed by atoms with E-state index in [-0.39, 0.29) is 6.04 Å². The monoisotopic (exact) mass is 245 g/mol. The number of para-hydroxylation sites is 1. The molecular weight excluding hydrogens is 226 g/mol. The van der Waals surface area contributed by atoms with Gasteiger partial charge in [-0.1, -0.05) is 23.4 Å². The van der Waals surface area contributed by atoms with E-state index in [1.807, 2.05) is 30.3 Å². The lowest BCUT2D eigenvalue weighted by molar-refractivity contribution is 0.309. The van der Waals surface area contributed by atoms with Gasteiger partial charge in [0, 0.05) is 13.0 Å². The van der Waals surface area contributed by atoms with E-state index in [9.17, 15) is 5.21 Å². The van der Waals surface area contributed by atoms with Crippen LogP contribution in [0.5, 0.6) is 0 Å². The Labute approximate surface area is 107 Å². The lowest BCUT2D eigenvalue weighted by atomic mass is 9.94. The van der Waals surface area contributed by atoms with Crippen LogP contribution in [0.4, 0.5) is 5.69 Å². The molecule has 4 nitrogen and oxygen atoms in total. The highest BCUT2D eigenvalue weighted by Crippen LogP contribution is 2.43. The first-order valence-corrected chi connectivity index (χ1v) is 6.56. The summed E-state index contributed by atoms with van der Waals surface area (Å²) in [6.45, 7) is 0. The number of nitrogens with zero attached hydrogens (tertiary/aromatic N) is 2. The quantitative estimate of drug-likeness (QED) is 0.634. The van der Waals surface area contributed by atoms with E-state index >= 15 is 0 Å². The molecule has 1 aromatic carbocycles. The van der Waals surface area contributed by atoms with Gasteiger partial charge in [0.15, 0.2) is 0 Å². The van der Waals surface area contributed by atoms with Crippen molar-refractivity contribution in [2.24, 2.45) is 17.0 Å². The van der Waals surface area contributed by atoms with Gasteiger partial charge in [0.2, 0.25) is 0 Å². The number of fused-ring (bicyclic) bond motifs is 2. The second-order valence-electron chi connectivity index (χ2n) is 5.30. The molecule has 1 aromatic rings. The Morgan fingerprint density at radius 1 is 1.28 bits per heavy atom. The van der Waals surface area contributed by atoms with Crippen LogP contribution in [-0.4, -0.2) is 24.0 Å². The van der Waals surface area contributed by atoms with E-state index in [0.717, 1.165) is 11.4 Å². The lowest BCUT2D eigenvalue weighted by Gasteiger charge is -2.30. The molecule has 2 aliphatic rings. The molecule has 2 N–H and O–H groups in total. The number of rotatable bonds is 3. The minimum atomic E-state index is 0.193. The summed E-state index contributed by atoms with van der Waals surface area (Å²) < 4.78 is 0. The molecule has 0 aliphatic heterocycles. The molecule has 96 valence electrons. The van der Waals surface area contributed by atoms with Gasteiger partial charge in [0.1, 0.15) is 0 Å².